The molecule has 1 saturated heterocycles. The molecule has 2 aliphatic rings. The fourth-order valence-electron chi connectivity index (χ4n) is 3.71. The van der Waals surface area contributed by atoms with Crippen LogP contribution in [0.15, 0.2) is 0 Å². The lowest BCUT2D eigenvalue weighted by molar-refractivity contribution is -0.122. The third-order valence-corrected chi connectivity index (χ3v) is 5.34. The van der Waals surface area contributed by atoms with E-state index in [9.17, 15) is 4.79 Å². The van der Waals surface area contributed by atoms with Crippen molar-refractivity contribution in [2.45, 2.75) is 83.8 Å². The second-order valence-electron chi connectivity index (χ2n) is 7.83. The van der Waals surface area contributed by atoms with Gasteiger partial charge in [0, 0.05) is 30.6 Å². The number of hydrogen-bond acceptors (Lipinski definition) is 2. The summed E-state index contributed by atoms with van der Waals surface area (Å²) in [7, 11) is 0. The number of nitrogens with zero attached hydrogens (tertiary/aromatic N) is 1. The molecule has 0 radical (unpaired) electrons. The van der Waals surface area contributed by atoms with E-state index in [1.54, 1.807) is 0 Å². The van der Waals surface area contributed by atoms with Crippen LogP contribution in [0.2, 0.25) is 0 Å². The molecule has 1 saturated carbocycles. The zero-order chi connectivity index (χ0) is 16.3. The Kier molecular flexibility index (Phi) is 5.70. The van der Waals surface area contributed by atoms with E-state index >= 15 is 0 Å². The van der Waals surface area contributed by atoms with Crippen molar-refractivity contribution in [3.8, 4) is 0 Å². The zero-order valence-electron chi connectivity index (χ0n) is 14.4. The Morgan fingerprint density at radius 2 is 1.95 bits per heavy atom. The molecule has 0 aromatic heterocycles. The van der Waals surface area contributed by atoms with Crippen LogP contribution in [-0.4, -0.2) is 40.1 Å². The SMILES string of the molecule is CC1CCC(NC(=O)CCN2C(=S)NC(C)(C)CC2C)CC1. The summed E-state index contributed by atoms with van der Waals surface area (Å²) in [5.41, 5.74) is 0.0497. The Hall–Kier alpha value is -0.840. The smallest absolute Gasteiger partial charge is 0.221 e. The van der Waals surface area contributed by atoms with Gasteiger partial charge in [0.1, 0.15) is 0 Å². The molecule has 126 valence electrons. The minimum atomic E-state index is 0.0497. The lowest BCUT2D eigenvalue weighted by Gasteiger charge is -2.44. The van der Waals surface area contributed by atoms with Crippen molar-refractivity contribution in [2.24, 2.45) is 5.92 Å². The van der Waals surface area contributed by atoms with E-state index in [-0.39, 0.29) is 11.4 Å². The van der Waals surface area contributed by atoms with Gasteiger partial charge in [-0.2, -0.15) is 0 Å². The number of carbonyl (C=O) groups is 1. The van der Waals surface area contributed by atoms with E-state index in [1.807, 2.05) is 0 Å². The highest BCUT2D eigenvalue weighted by molar-refractivity contribution is 7.80. The molecule has 1 atom stereocenters. The quantitative estimate of drug-likeness (QED) is 0.780. The van der Waals surface area contributed by atoms with Crippen LogP contribution < -0.4 is 10.6 Å². The fourth-order valence-corrected chi connectivity index (χ4v) is 4.26. The van der Waals surface area contributed by atoms with Crippen molar-refractivity contribution in [3.63, 3.8) is 0 Å². The van der Waals surface area contributed by atoms with Crippen LogP contribution in [0.4, 0.5) is 0 Å². The first-order valence-corrected chi connectivity index (χ1v) is 9.06. The molecular formula is C17H31N3OS. The lowest BCUT2D eigenvalue weighted by Crippen LogP contribution is -2.60. The number of carbonyl (C=O) groups excluding carboxylic acids is 1. The standard InChI is InChI=1S/C17H31N3OS/c1-12-5-7-14(8-6-12)18-15(21)9-10-20-13(2)11-17(3,4)19-16(20)22/h12-14H,5-11H2,1-4H3,(H,18,21)(H,19,22). The van der Waals surface area contributed by atoms with Crippen molar-refractivity contribution in [1.29, 1.82) is 0 Å². The lowest BCUT2D eigenvalue weighted by atomic mass is 9.87. The van der Waals surface area contributed by atoms with Gasteiger partial charge in [0.05, 0.1) is 0 Å². The van der Waals surface area contributed by atoms with Gasteiger partial charge in [0.2, 0.25) is 5.91 Å². The third-order valence-electron chi connectivity index (χ3n) is 5.00. The van der Waals surface area contributed by atoms with E-state index in [1.165, 1.54) is 12.8 Å². The van der Waals surface area contributed by atoms with Crippen LogP contribution >= 0.6 is 12.2 Å². The Labute approximate surface area is 140 Å². The highest BCUT2D eigenvalue weighted by atomic mass is 32.1. The van der Waals surface area contributed by atoms with Crippen molar-refractivity contribution in [1.82, 2.24) is 15.5 Å². The van der Waals surface area contributed by atoms with Crippen LogP contribution in [0.3, 0.4) is 0 Å². The monoisotopic (exact) mass is 325 g/mol. The summed E-state index contributed by atoms with van der Waals surface area (Å²) >= 11 is 5.46. The van der Waals surface area contributed by atoms with Gasteiger partial charge >= 0.3 is 0 Å². The minimum Gasteiger partial charge on any atom is -0.358 e. The molecule has 2 rings (SSSR count). The molecule has 0 aromatic rings. The Morgan fingerprint density at radius 3 is 2.55 bits per heavy atom. The minimum absolute atomic E-state index is 0.0497. The average Bonchev–Trinajstić information content (AvgIpc) is 2.39. The van der Waals surface area contributed by atoms with Crippen LogP contribution in [-0.2, 0) is 4.79 Å². The largest absolute Gasteiger partial charge is 0.358 e. The summed E-state index contributed by atoms with van der Waals surface area (Å²) in [6.07, 6.45) is 6.28. The summed E-state index contributed by atoms with van der Waals surface area (Å²) in [5.74, 6) is 0.980. The number of amides is 1. The predicted molar refractivity (Wildman–Crippen MR) is 94.8 cm³/mol. The Bertz CT molecular complexity index is 416. The van der Waals surface area contributed by atoms with Gasteiger partial charge < -0.3 is 15.5 Å². The number of thiocarbonyl (C=S) groups is 1. The molecular weight excluding hydrogens is 294 g/mol. The van der Waals surface area contributed by atoms with Crippen molar-refractivity contribution in [2.75, 3.05) is 6.54 Å². The molecule has 5 heteroatoms. The molecule has 1 heterocycles. The van der Waals surface area contributed by atoms with Crippen molar-refractivity contribution in [3.05, 3.63) is 0 Å². The van der Waals surface area contributed by atoms with Gasteiger partial charge in [-0.1, -0.05) is 6.92 Å². The van der Waals surface area contributed by atoms with Crippen molar-refractivity contribution >= 4 is 23.2 Å². The fraction of sp³-hybridized carbons (Fsp3) is 0.882. The molecule has 1 aliphatic carbocycles. The Balaban J connectivity index is 1.75. The highest BCUT2D eigenvalue weighted by Crippen LogP contribution is 2.24. The van der Waals surface area contributed by atoms with Gasteiger partial charge in [-0.25, -0.2) is 0 Å². The van der Waals surface area contributed by atoms with E-state index in [4.69, 9.17) is 12.2 Å². The van der Waals surface area contributed by atoms with Crippen LogP contribution in [0.1, 0.15) is 66.2 Å². The molecule has 0 aromatic carbocycles. The number of rotatable bonds is 4. The molecule has 4 nitrogen and oxygen atoms in total. The van der Waals surface area contributed by atoms with E-state index < -0.39 is 0 Å². The molecule has 0 bridgehead atoms. The molecule has 1 aliphatic heterocycles. The first-order chi connectivity index (χ1) is 10.3. The zero-order valence-corrected chi connectivity index (χ0v) is 15.3. The van der Waals surface area contributed by atoms with Crippen LogP contribution in [0.5, 0.6) is 0 Å². The molecule has 22 heavy (non-hydrogen) atoms. The Morgan fingerprint density at radius 1 is 1.32 bits per heavy atom. The van der Waals surface area contributed by atoms with Gasteiger partial charge in [-0.15, -0.1) is 0 Å². The van der Waals surface area contributed by atoms with Crippen molar-refractivity contribution < 1.29 is 4.79 Å². The number of nitrogens with one attached hydrogen (secondary N) is 2. The molecule has 0 spiro atoms. The predicted octanol–water partition coefficient (Wildman–Crippen LogP) is 2.82. The summed E-state index contributed by atoms with van der Waals surface area (Å²) < 4.78 is 0. The second kappa shape index (κ2) is 7.16. The van der Waals surface area contributed by atoms with Crippen LogP contribution in [0, 0.1) is 5.92 Å². The third kappa shape index (κ3) is 4.83. The molecule has 2 fully saturated rings. The van der Waals surface area contributed by atoms with E-state index in [2.05, 4.69) is 43.2 Å². The molecule has 1 unspecified atom stereocenters. The van der Waals surface area contributed by atoms with E-state index in [0.29, 0.717) is 25.0 Å². The number of hydrogen-bond donors (Lipinski definition) is 2. The average molecular weight is 326 g/mol. The summed E-state index contributed by atoms with van der Waals surface area (Å²) in [6, 6.07) is 0.763. The first kappa shape index (κ1) is 17.5. The van der Waals surface area contributed by atoms with Gasteiger partial charge in [-0.3, -0.25) is 4.79 Å². The maximum absolute atomic E-state index is 12.2. The molecule has 2 N–H and O–H groups in total. The summed E-state index contributed by atoms with van der Waals surface area (Å²) in [4.78, 5) is 14.3. The van der Waals surface area contributed by atoms with Gasteiger partial charge in [0.25, 0.3) is 0 Å². The first-order valence-electron chi connectivity index (χ1n) is 8.65. The van der Waals surface area contributed by atoms with Gasteiger partial charge in [0.15, 0.2) is 5.11 Å². The maximum atomic E-state index is 12.2. The maximum Gasteiger partial charge on any atom is 0.221 e. The highest BCUT2D eigenvalue weighted by Gasteiger charge is 2.33. The second-order valence-corrected chi connectivity index (χ2v) is 8.22. The summed E-state index contributed by atoms with van der Waals surface area (Å²) in [5, 5.41) is 7.35. The van der Waals surface area contributed by atoms with Crippen LogP contribution in [0.25, 0.3) is 0 Å². The molecule has 1 amide bonds. The van der Waals surface area contributed by atoms with Gasteiger partial charge in [-0.05, 0) is 71.0 Å². The van der Waals surface area contributed by atoms with E-state index in [0.717, 1.165) is 30.3 Å². The normalized spacial score (nSPS) is 31.5. The topological polar surface area (TPSA) is 44.4 Å². The summed E-state index contributed by atoms with van der Waals surface area (Å²) in [6.45, 7) is 9.53.